The molecule has 0 unspecified atom stereocenters. The lowest BCUT2D eigenvalue weighted by Crippen LogP contribution is -2.07. The summed E-state index contributed by atoms with van der Waals surface area (Å²) in [6.07, 6.45) is 6.16. The average Bonchev–Trinajstić information content (AvgIpc) is 3.31. The number of hydrogen-bond donors (Lipinski definition) is 3. The molecule has 3 N–H and O–H groups in total. The van der Waals surface area contributed by atoms with Gasteiger partial charge in [0, 0.05) is 25.0 Å². The zero-order chi connectivity index (χ0) is 19.5. The summed E-state index contributed by atoms with van der Waals surface area (Å²) in [4.78, 5) is 27.4. The molecule has 1 aromatic carbocycles. The second-order valence-electron chi connectivity index (χ2n) is 5.80. The third kappa shape index (κ3) is 3.65. The van der Waals surface area contributed by atoms with Gasteiger partial charge in [0.1, 0.15) is 11.3 Å². The van der Waals surface area contributed by atoms with Crippen molar-refractivity contribution >= 4 is 34.4 Å². The molecule has 0 fully saturated rings. The van der Waals surface area contributed by atoms with E-state index in [0.29, 0.717) is 34.4 Å². The Kier molecular flexibility index (Phi) is 4.42. The van der Waals surface area contributed by atoms with E-state index in [9.17, 15) is 4.79 Å². The van der Waals surface area contributed by atoms with Crippen LogP contribution in [-0.2, 0) is 11.8 Å². The van der Waals surface area contributed by atoms with Crippen LogP contribution in [0.4, 0.5) is 17.3 Å². The van der Waals surface area contributed by atoms with Gasteiger partial charge >= 0.3 is 0 Å². The third-order valence-electron chi connectivity index (χ3n) is 3.71. The van der Waals surface area contributed by atoms with Gasteiger partial charge in [-0.15, -0.1) is 0 Å². The van der Waals surface area contributed by atoms with Crippen molar-refractivity contribution in [3.63, 3.8) is 0 Å². The SMILES string of the molecule is C=CC(=O)Nc1cccc(Oc2nc(Nc3cnn(C)c3)nc3nc[nH]c23)c1. The van der Waals surface area contributed by atoms with Crippen LogP contribution in [0.2, 0.25) is 0 Å². The third-order valence-corrected chi connectivity index (χ3v) is 3.71. The van der Waals surface area contributed by atoms with E-state index in [-0.39, 0.29) is 5.91 Å². The van der Waals surface area contributed by atoms with Gasteiger partial charge in [0.15, 0.2) is 5.65 Å². The first-order valence-electron chi connectivity index (χ1n) is 8.29. The first-order chi connectivity index (χ1) is 13.6. The summed E-state index contributed by atoms with van der Waals surface area (Å²) < 4.78 is 7.59. The highest BCUT2D eigenvalue weighted by Gasteiger charge is 2.13. The van der Waals surface area contributed by atoms with E-state index in [1.807, 2.05) is 7.05 Å². The van der Waals surface area contributed by atoms with Crippen molar-refractivity contribution in [1.82, 2.24) is 29.7 Å². The first-order valence-corrected chi connectivity index (χ1v) is 8.29. The van der Waals surface area contributed by atoms with Crippen molar-refractivity contribution in [1.29, 1.82) is 0 Å². The van der Waals surface area contributed by atoms with Crippen LogP contribution in [-0.4, -0.2) is 35.6 Å². The maximum atomic E-state index is 11.5. The molecule has 0 bridgehead atoms. The normalized spacial score (nSPS) is 10.6. The summed E-state index contributed by atoms with van der Waals surface area (Å²) in [6.45, 7) is 3.44. The molecule has 3 heterocycles. The van der Waals surface area contributed by atoms with Gasteiger partial charge in [-0.3, -0.25) is 9.48 Å². The largest absolute Gasteiger partial charge is 0.437 e. The number of amides is 1. The smallest absolute Gasteiger partial charge is 0.250 e. The summed E-state index contributed by atoms with van der Waals surface area (Å²) in [7, 11) is 1.82. The van der Waals surface area contributed by atoms with E-state index >= 15 is 0 Å². The monoisotopic (exact) mass is 376 g/mol. The molecule has 0 saturated heterocycles. The lowest BCUT2D eigenvalue weighted by Gasteiger charge is -2.09. The highest BCUT2D eigenvalue weighted by molar-refractivity contribution is 5.98. The van der Waals surface area contributed by atoms with Gasteiger partial charge in [-0.25, -0.2) is 4.98 Å². The number of aromatic nitrogens is 6. The molecule has 0 radical (unpaired) electrons. The van der Waals surface area contributed by atoms with Gasteiger partial charge in [-0.2, -0.15) is 15.1 Å². The van der Waals surface area contributed by atoms with Crippen LogP contribution in [0.1, 0.15) is 0 Å². The number of fused-ring (bicyclic) bond motifs is 1. The topological polar surface area (TPSA) is 123 Å². The van der Waals surface area contributed by atoms with Crippen molar-refractivity contribution in [2.45, 2.75) is 0 Å². The van der Waals surface area contributed by atoms with Crippen LogP contribution >= 0.6 is 0 Å². The minimum Gasteiger partial charge on any atom is -0.437 e. The number of nitrogens with zero attached hydrogens (tertiary/aromatic N) is 5. The van der Waals surface area contributed by atoms with Crippen molar-refractivity contribution in [3.8, 4) is 11.6 Å². The van der Waals surface area contributed by atoms with Crippen LogP contribution in [0.25, 0.3) is 11.2 Å². The summed E-state index contributed by atoms with van der Waals surface area (Å²) in [5, 5.41) is 9.85. The molecule has 10 nitrogen and oxygen atoms in total. The molecule has 28 heavy (non-hydrogen) atoms. The molecule has 140 valence electrons. The van der Waals surface area contributed by atoms with Crippen molar-refractivity contribution < 1.29 is 9.53 Å². The highest BCUT2D eigenvalue weighted by Crippen LogP contribution is 2.28. The number of aromatic amines is 1. The lowest BCUT2D eigenvalue weighted by molar-refractivity contribution is -0.111. The predicted molar refractivity (Wildman–Crippen MR) is 104 cm³/mol. The summed E-state index contributed by atoms with van der Waals surface area (Å²) in [6, 6.07) is 6.94. The second-order valence-corrected chi connectivity index (χ2v) is 5.80. The number of imidazole rings is 1. The molecule has 0 aliphatic rings. The number of aryl methyl sites for hydroxylation is 1. The Morgan fingerprint density at radius 3 is 3.00 bits per heavy atom. The molecular weight excluding hydrogens is 360 g/mol. The lowest BCUT2D eigenvalue weighted by atomic mass is 10.3. The van der Waals surface area contributed by atoms with Crippen molar-refractivity contribution in [2.75, 3.05) is 10.6 Å². The summed E-state index contributed by atoms with van der Waals surface area (Å²) in [5.41, 5.74) is 2.31. The summed E-state index contributed by atoms with van der Waals surface area (Å²) >= 11 is 0. The van der Waals surface area contributed by atoms with Crippen LogP contribution < -0.4 is 15.4 Å². The summed E-state index contributed by atoms with van der Waals surface area (Å²) in [5.74, 6) is 0.793. The van der Waals surface area contributed by atoms with Crippen molar-refractivity contribution in [2.24, 2.45) is 7.05 Å². The first kappa shape index (κ1) is 17.2. The van der Waals surface area contributed by atoms with E-state index < -0.39 is 0 Å². The Balaban J connectivity index is 1.64. The number of carbonyl (C=O) groups excluding carboxylic acids is 1. The van der Waals surface area contributed by atoms with E-state index in [4.69, 9.17) is 4.74 Å². The minimum atomic E-state index is -0.307. The number of carbonyl (C=O) groups is 1. The molecule has 0 atom stereocenters. The number of nitrogens with one attached hydrogen (secondary N) is 3. The predicted octanol–water partition coefficient (Wildman–Crippen LogP) is 2.75. The molecule has 0 aliphatic heterocycles. The Morgan fingerprint density at radius 2 is 2.21 bits per heavy atom. The quantitative estimate of drug-likeness (QED) is 0.442. The molecule has 10 heteroatoms. The number of benzene rings is 1. The molecule has 0 aliphatic carbocycles. The number of anilines is 3. The molecule has 4 aromatic rings. The standard InChI is InChI=1S/C18H16N8O2/c1-3-14(27)22-11-5-4-6-13(7-11)28-17-15-16(20-10-19-15)24-18(25-17)23-12-8-21-26(2)9-12/h3-10H,1H2,2H3,(H,22,27)(H2,19,20,23,24,25). The van der Waals surface area contributed by atoms with E-state index in [2.05, 4.69) is 42.2 Å². The molecule has 4 rings (SSSR count). The van der Waals surface area contributed by atoms with E-state index in [1.54, 1.807) is 41.3 Å². The van der Waals surface area contributed by atoms with E-state index in [1.165, 1.54) is 12.4 Å². The maximum Gasteiger partial charge on any atom is 0.250 e. The number of H-pyrrole nitrogens is 1. The van der Waals surface area contributed by atoms with E-state index in [0.717, 1.165) is 5.69 Å². The van der Waals surface area contributed by atoms with Gasteiger partial charge in [-0.1, -0.05) is 12.6 Å². The molecule has 0 saturated carbocycles. The number of ether oxygens (including phenoxy) is 1. The van der Waals surface area contributed by atoms with Crippen LogP contribution in [0.3, 0.4) is 0 Å². The second kappa shape index (κ2) is 7.19. The fourth-order valence-electron chi connectivity index (χ4n) is 2.49. The zero-order valence-electron chi connectivity index (χ0n) is 14.9. The zero-order valence-corrected chi connectivity index (χ0v) is 14.9. The Labute approximate surface area is 159 Å². The average molecular weight is 376 g/mol. The van der Waals surface area contributed by atoms with Gasteiger partial charge in [0.05, 0.1) is 18.2 Å². The van der Waals surface area contributed by atoms with Crippen LogP contribution in [0, 0.1) is 0 Å². The van der Waals surface area contributed by atoms with Gasteiger partial charge in [-0.05, 0) is 18.2 Å². The highest BCUT2D eigenvalue weighted by atomic mass is 16.5. The minimum absolute atomic E-state index is 0.293. The fourth-order valence-corrected chi connectivity index (χ4v) is 2.49. The van der Waals surface area contributed by atoms with Gasteiger partial charge in [0.25, 0.3) is 5.88 Å². The van der Waals surface area contributed by atoms with Crippen molar-refractivity contribution in [3.05, 3.63) is 55.6 Å². The Bertz CT molecular complexity index is 1160. The fraction of sp³-hybridized carbons (Fsp3) is 0.0556. The molecule has 3 aromatic heterocycles. The van der Waals surface area contributed by atoms with Crippen LogP contribution in [0.5, 0.6) is 11.6 Å². The Morgan fingerprint density at radius 1 is 1.32 bits per heavy atom. The van der Waals surface area contributed by atoms with Crippen LogP contribution in [0.15, 0.2) is 55.6 Å². The number of rotatable bonds is 6. The molecule has 1 amide bonds. The molecule has 0 spiro atoms. The van der Waals surface area contributed by atoms with Gasteiger partial charge < -0.3 is 20.4 Å². The maximum absolute atomic E-state index is 11.5. The Hall–Kier alpha value is -4.21. The molecular formula is C18H16N8O2. The van der Waals surface area contributed by atoms with Gasteiger partial charge in [0.2, 0.25) is 11.9 Å². The number of hydrogen-bond acceptors (Lipinski definition) is 7.